The molecule has 0 aliphatic rings. The average Bonchev–Trinajstić information content (AvgIpc) is 2.30. The molecule has 0 spiro atoms. The predicted octanol–water partition coefficient (Wildman–Crippen LogP) is 3.39. The normalized spacial score (nSPS) is 10.8. The quantitative estimate of drug-likeness (QED) is 0.683. The first-order valence-corrected chi connectivity index (χ1v) is 6.30. The van der Waals surface area contributed by atoms with Crippen molar-refractivity contribution in [2.24, 2.45) is 5.10 Å². The van der Waals surface area contributed by atoms with Gasteiger partial charge >= 0.3 is 0 Å². The molecule has 92 valence electrons. The SMILES string of the molecule is Clc1nc(Cl)nc(N/N=C/c2ccc(Br)cc2)n1. The molecule has 0 fully saturated rings. The molecule has 0 saturated carbocycles. The van der Waals surface area contributed by atoms with E-state index in [1.807, 2.05) is 24.3 Å². The molecule has 0 bridgehead atoms. The van der Waals surface area contributed by atoms with Crippen molar-refractivity contribution >= 4 is 51.3 Å². The van der Waals surface area contributed by atoms with Crippen LogP contribution in [-0.2, 0) is 0 Å². The molecule has 0 aliphatic carbocycles. The maximum Gasteiger partial charge on any atom is 0.249 e. The number of aromatic nitrogens is 3. The molecule has 0 atom stereocenters. The third-order valence-corrected chi connectivity index (χ3v) is 2.70. The fourth-order valence-corrected chi connectivity index (χ4v) is 1.72. The van der Waals surface area contributed by atoms with Crippen LogP contribution in [0.3, 0.4) is 0 Å². The Hall–Kier alpha value is -1.24. The van der Waals surface area contributed by atoms with Crippen LogP contribution in [-0.4, -0.2) is 21.2 Å². The van der Waals surface area contributed by atoms with E-state index in [1.165, 1.54) is 0 Å². The second kappa shape index (κ2) is 6.08. The van der Waals surface area contributed by atoms with Crippen molar-refractivity contribution in [2.45, 2.75) is 0 Å². The second-order valence-corrected chi connectivity index (χ2v) is 4.71. The van der Waals surface area contributed by atoms with Crippen LogP contribution in [0.25, 0.3) is 0 Å². The van der Waals surface area contributed by atoms with Gasteiger partial charge in [-0.3, -0.25) is 0 Å². The van der Waals surface area contributed by atoms with Crippen molar-refractivity contribution in [3.8, 4) is 0 Å². The van der Waals surface area contributed by atoms with Gasteiger partial charge in [-0.05, 0) is 40.9 Å². The van der Waals surface area contributed by atoms with Crippen molar-refractivity contribution in [3.63, 3.8) is 0 Å². The summed E-state index contributed by atoms with van der Waals surface area (Å²) in [5.41, 5.74) is 3.54. The summed E-state index contributed by atoms with van der Waals surface area (Å²) in [6.07, 6.45) is 1.62. The summed E-state index contributed by atoms with van der Waals surface area (Å²) >= 11 is 14.6. The summed E-state index contributed by atoms with van der Waals surface area (Å²) in [5, 5.41) is 3.98. The monoisotopic (exact) mass is 345 g/mol. The van der Waals surface area contributed by atoms with Crippen molar-refractivity contribution in [2.75, 3.05) is 5.43 Å². The highest BCUT2D eigenvalue weighted by Crippen LogP contribution is 2.10. The van der Waals surface area contributed by atoms with E-state index in [1.54, 1.807) is 6.21 Å². The topological polar surface area (TPSA) is 63.1 Å². The van der Waals surface area contributed by atoms with Crippen LogP contribution in [0.2, 0.25) is 10.6 Å². The molecule has 1 N–H and O–H groups in total. The van der Waals surface area contributed by atoms with Crippen molar-refractivity contribution in [1.82, 2.24) is 15.0 Å². The van der Waals surface area contributed by atoms with Crippen molar-refractivity contribution < 1.29 is 0 Å². The highest BCUT2D eigenvalue weighted by molar-refractivity contribution is 9.10. The Morgan fingerprint density at radius 1 is 1.06 bits per heavy atom. The van der Waals surface area contributed by atoms with E-state index >= 15 is 0 Å². The van der Waals surface area contributed by atoms with E-state index in [4.69, 9.17) is 23.2 Å². The van der Waals surface area contributed by atoms with Gasteiger partial charge < -0.3 is 0 Å². The van der Waals surface area contributed by atoms with Gasteiger partial charge in [-0.25, -0.2) is 5.43 Å². The maximum absolute atomic E-state index is 5.62. The Morgan fingerprint density at radius 3 is 2.28 bits per heavy atom. The van der Waals surface area contributed by atoms with Crippen LogP contribution >= 0.6 is 39.1 Å². The van der Waals surface area contributed by atoms with E-state index in [2.05, 4.69) is 41.4 Å². The van der Waals surface area contributed by atoms with Crippen LogP contribution in [0.15, 0.2) is 33.8 Å². The molecule has 0 saturated heterocycles. The number of rotatable bonds is 3. The van der Waals surface area contributed by atoms with Gasteiger partial charge in [0.15, 0.2) is 0 Å². The Balaban J connectivity index is 2.04. The van der Waals surface area contributed by atoms with Gasteiger partial charge in [-0.2, -0.15) is 20.1 Å². The largest absolute Gasteiger partial charge is 0.249 e. The average molecular weight is 347 g/mol. The number of nitrogens with zero attached hydrogens (tertiary/aromatic N) is 4. The van der Waals surface area contributed by atoms with Gasteiger partial charge in [0, 0.05) is 4.47 Å². The molecule has 1 heterocycles. The number of hydrogen-bond donors (Lipinski definition) is 1. The van der Waals surface area contributed by atoms with Crippen molar-refractivity contribution in [1.29, 1.82) is 0 Å². The minimum Gasteiger partial charge on any atom is -0.245 e. The predicted molar refractivity (Wildman–Crippen MR) is 75.2 cm³/mol. The van der Waals surface area contributed by atoms with Crippen LogP contribution in [0.1, 0.15) is 5.56 Å². The molecule has 1 aromatic heterocycles. The zero-order valence-corrected chi connectivity index (χ0v) is 11.9. The van der Waals surface area contributed by atoms with E-state index in [0.717, 1.165) is 10.0 Å². The minimum atomic E-state index is 0.0105. The number of benzene rings is 1. The van der Waals surface area contributed by atoms with Gasteiger partial charge in [-0.15, -0.1) is 0 Å². The third kappa shape index (κ3) is 3.90. The first kappa shape index (κ1) is 13.2. The molecule has 0 aliphatic heterocycles. The first-order valence-electron chi connectivity index (χ1n) is 4.75. The number of halogens is 3. The molecule has 8 heteroatoms. The molecule has 2 aromatic rings. The van der Waals surface area contributed by atoms with E-state index in [9.17, 15) is 0 Å². The molecule has 5 nitrogen and oxygen atoms in total. The zero-order valence-electron chi connectivity index (χ0n) is 8.81. The van der Waals surface area contributed by atoms with E-state index in [0.29, 0.717) is 0 Å². The van der Waals surface area contributed by atoms with Crippen LogP contribution in [0.5, 0.6) is 0 Å². The summed E-state index contributed by atoms with van der Waals surface area (Å²) in [4.78, 5) is 11.2. The lowest BCUT2D eigenvalue weighted by Crippen LogP contribution is -1.99. The van der Waals surface area contributed by atoms with Crippen LogP contribution in [0, 0.1) is 0 Å². The van der Waals surface area contributed by atoms with Gasteiger partial charge in [0.1, 0.15) is 0 Å². The summed E-state index contributed by atoms with van der Waals surface area (Å²) < 4.78 is 1.00. The van der Waals surface area contributed by atoms with E-state index < -0.39 is 0 Å². The Kier molecular flexibility index (Phi) is 4.46. The second-order valence-electron chi connectivity index (χ2n) is 3.12. The molecular formula is C10H6BrCl2N5. The fourth-order valence-electron chi connectivity index (χ4n) is 1.09. The lowest BCUT2D eigenvalue weighted by Gasteiger charge is -1.98. The molecule has 0 unspecified atom stereocenters. The summed E-state index contributed by atoms with van der Waals surface area (Å²) in [6.45, 7) is 0. The number of hydrazone groups is 1. The Bertz CT molecular complexity index is 553. The Labute approximate surface area is 121 Å². The number of hydrogen-bond acceptors (Lipinski definition) is 5. The molecule has 0 amide bonds. The zero-order chi connectivity index (χ0) is 13.0. The smallest absolute Gasteiger partial charge is 0.245 e. The van der Waals surface area contributed by atoms with Gasteiger partial charge in [0.2, 0.25) is 16.5 Å². The lowest BCUT2D eigenvalue weighted by atomic mass is 10.2. The molecular weight excluding hydrogens is 341 g/mol. The number of anilines is 1. The summed E-state index contributed by atoms with van der Waals surface area (Å²) in [5.74, 6) is 0.188. The minimum absolute atomic E-state index is 0.0105. The highest BCUT2D eigenvalue weighted by atomic mass is 79.9. The van der Waals surface area contributed by atoms with E-state index in [-0.39, 0.29) is 16.5 Å². The molecule has 1 aromatic carbocycles. The van der Waals surface area contributed by atoms with Crippen molar-refractivity contribution in [3.05, 3.63) is 44.9 Å². The molecule has 2 rings (SSSR count). The number of nitrogens with one attached hydrogen (secondary N) is 1. The van der Waals surface area contributed by atoms with Gasteiger partial charge in [0.25, 0.3) is 0 Å². The standard InChI is InChI=1S/C10H6BrCl2N5/c11-7-3-1-6(2-4-7)5-14-18-10-16-8(12)15-9(13)17-10/h1-5H,(H,15,16,17,18)/b14-5+. The summed E-state index contributed by atoms with van der Waals surface area (Å²) in [6, 6.07) is 7.64. The lowest BCUT2D eigenvalue weighted by molar-refractivity contribution is 1.03. The van der Waals surface area contributed by atoms with Crippen LogP contribution in [0.4, 0.5) is 5.95 Å². The Morgan fingerprint density at radius 2 is 1.67 bits per heavy atom. The molecule has 18 heavy (non-hydrogen) atoms. The summed E-state index contributed by atoms with van der Waals surface area (Å²) in [7, 11) is 0. The molecule has 0 radical (unpaired) electrons. The first-order chi connectivity index (χ1) is 8.63. The maximum atomic E-state index is 5.62. The van der Waals surface area contributed by atoms with Crippen LogP contribution < -0.4 is 5.43 Å². The third-order valence-electron chi connectivity index (χ3n) is 1.83. The fraction of sp³-hybridized carbons (Fsp3) is 0. The van der Waals surface area contributed by atoms with Gasteiger partial charge in [0.05, 0.1) is 6.21 Å². The highest BCUT2D eigenvalue weighted by Gasteiger charge is 2.00. The van der Waals surface area contributed by atoms with Gasteiger partial charge in [-0.1, -0.05) is 28.1 Å².